The van der Waals surface area contributed by atoms with Gasteiger partial charge in [-0.2, -0.15) is 0 Å². The zero-order chi connectivity index (χ0) is 14.8. The predicted molar refractivity (Wildman–Crippen MR) is 90.5 cm³/mol. The van der Waals surface area contributed by atoms with Gasteiger partial charge in [-0.05, 0) is 49.4 Å². The number of hydrogen-bond acceptors (Lipinski definition) is 2. The van der Waals surface area contributed by atoms with Crippen LogP contribution in [0.2, 0.25) is 0 Å². The SMILES string of the molecule is CCCC1CN(CC2CC3CCC2C3)C(C(C)CC)CN1. The molecule has 2 saturated carbocycles. The fourth-order valence-corrected chi connectivity index (χ4v) is 5.39. The lowest BCUT2D eigenvalue weighted by Crippen LogP contribution is -2.59. The molecule has 2 bridgehead atoms. The molecule has 6 unspecified atom stereocenters. The minimum absolute atomic E-state index is 0.744. The van der Waals surface area contributed by atoms with Gasteiger partial charge in [0.05, 0.1) is 0 Å². The fraction of sp³-hybridized carbons (Fsp3) is 1.00. The summed E-state index contributed by atoms with van der Waals surface area (Å²) in [5.74, 6) is 4.03. The summed E-state index contributed by atoms with van der Waals surface area (Å²) in [6.45, 7) is 11.1. The van der Waals surface area contributed by atoms with Crippen molar-refractivity contribution in [2.45, 2.75) is 77.8 Å². The van der Waals surface area contributed by atoms with Crippen LogP contribution in [0.3, 0.4) is 0 Å². The molecule has 2 nitrogen and oxygen atoms in total. The van der Waals surface area contributed by atoms with Gasteiger partial charge in [-0.15, -0.1) is 0 Å². The first kappa shape index (κ1) is 15.8. The normalized spacial score (nSPS) is 41.6. The van der Waals surface area contributed by atoms with E-state index in [9.17, 15) is 0 Å². The molecule has 3 aliphatic rings. The third-order valence-corrected chi connectivity index (χ3v) is 6.83. The standard InChI is InChI=1S/C19H36N2/c1-4-6-18-13-21(19(11-20-18)14(3)5-2)12-17-10-15-7-8-16(17)9-15/h14-20H,4-13H2,1-3H3. The van der Waals surface area contributed by atoms with Crippen molar-refractivity contribution in [2.24, 2.45) is 23.7 Å². The average Bonchev–Trinajstić information content (AvgIpc) is 3.10. The Labute approximate surface area is 132 Å². The molecule has 0 amide bonds. The lowest BCUT2D eigenvalue weighted by molar-refractivity contribution is 0.0627. The van der Waals surface area contributed by atoms with Gasteiger partial charge < -0.3 is 5.32 Å². The first-order chi connectivity index (χ1) is 10.2. The Bertz CT molecular complexity index is 330. The van der Waals surface area contributed by atoms with Gasteiger partial charge in [0.2, 0.25) is 0 Å². The van der Waals surface area contributed by atoms with Crippen LogP contribution in [0.5, 0.6) is 0 Å². The maximum atomic E-state index is 3.83. The third kappa shape index (κ3) is 3.47. The van der Waals surface area contributed by atoms with Crippen molar-refractivity contribution >= 4 is 0 Å². The van der Waals surface area contributed by atoms with E-state index in [0.717, 1.165) is 35.8 Å². The van der Waals surface area contributed by atoms with Crippen LogP contribution in [-0.2, 0) is 0 Å². The molecular formula is C19H36N2. The van der Waals surface area contributed by atoms with Gasteiger partial charge in [0, 0.05) is 31.7 Å². The maximum absolute atomic E-state index is 3.83. The Balaban J connectivity index is 1.61. The van der Waals surface area contributed by atoms with Gasteiger partial charge in [0.1, 0.15) is 0 Å². The molecule has 1 aliphatic heterocycles. The highest BCUT2D eigenvalue weighted by molar-refractivity contribution is 4.95. The van der Waals surface area contributed by atoms with Gasteiger partial charge in [0.25, 0.3) is 0 Å². The molecular weight excluding hydrogens is 256 g/mol. The van der Waals surface area contributed by atoms with E-state index >= 15 is 0 Å². The van der Waals surface area contributed by atoms with Gasteiger partial charge in [-0.3, -0.25) is 4.90 Å². The molecule has 2 aliphatic carbocycles. The Morgan fingerprint density at radius 3 is 2.67 bits per heavy atom. The number of nitrogens with zero attached hydrogens (tertiary/aromatic N) is 1. The van der Waals surface area contributed by atoms with Crippen molar-refractivity contribution in [3.8, 4) is 0 Å². The molecule has 0 spiro atoms. The molecule has 3 fully saturated rings. The van der Waals surface area contributed by atoms with E-state index < -0.39 is 0 Å². The molecule has 3 rings (SSSR count). The van der Waals surface area contributed by atoms with Gasteiger partial charge in [-0.1, -0.05) is 40.0 Å². The number of piperazine rings is 1. The monoisotopic (exact) mass is 292 g/mol. The first-order valence-corrected chi connectivity index (χ1v) is 9.68. The highest BCUT2D eigenvalue weighted by Gasteiger charge is 2.41. The minimum atomic E-state index is 0.744. The van der Waals surface area contributed by atoms with Crippen molar-refractivity contribution in [2.75, 3.05) is 19.6 Å². The van der Waals surface area contributed by atoms with Crippen LogP contribution >= 0.6 is 0 Å². The molecule has 6 atom stereocenters. The minimum Gasteiger partial charge on any atom is -0.311 e. The highest BCUT2D eigenvalue weighted by Crippen LogP contribution is 2.48. The van der Waals surface area contributed by atoms with E-state index in [0.29, 0.717) is 0 Å². The molecule has 1 heterocycles. The van der Waals surface area contributed by atoms with E-state index in [-0.39, 0.29) is 0 Å². The summed E-state index contributed by atoms with van der Waals surface area (Å²) in [5, 5.41) is 3.83. The number of nitrogens with one attached hydrogen (secondary N) is 1. The van der Waals surface area contributed by atoms with Crippen molar-refractivity contribution in [1.82, 2.24) is 10.2 Å². The maximum Gasteiger partial charge on any atom is 0.0247 e. The van der Waals surface area contributed by atoms with Gasteiger partial charge in [0.15, 0.2) is 0 Å². The Morgan fingerprint density at radius 1 is 1.19 bits per heavy atom. The van der Waals surface area contributed by atoms with E-state index in [1.807, 2.05) is 0 Å². The Kier molecular flexibility index (Phi) is 5.27. The summed E-state index contributed by atoms with van der Waals surface area (Å²) in [5.41, 5.74) is 0. The van der Waals surface area contributed by atoms with Crippen LogP contribution in [-0.4, -0.2) is 36.6 Å². The third-order valence-electron chi connectivity index (χ3n) is 6.83. The smallest absolute Gasteiger partial charge is 0.0247 e. The summed E-state index contributed by atoms with van der Waals surface area (Å²) in [6, 6.07) is 1.52. The quantitative estimate of drug-likeness (QED) is 0.798. The lowest BCUT2D eigenvalue weighted by Gasteiger charge is -2.45. The van der Waals surface area contributed by atoms with Crippen LogP contribution in [0.15, 0.2) is 0 Å². The van der Waals surface area contributed by atoms with Crippen LogP contribution in [0, 0.1) is 23.7 Å². The number of rotatable bonds is 6. The second-order valence-corrected chi connectivity index (χ2v) is 8.24. The zero-order valence-corrected chi connectivity index (χ0v) is 14.5. The largest absolute Gasteiger partial charge is 0.311 e. The zero-order valence-electron chi connectivity index (χ0n) is 14.5. The molecule has 1 N–H and O–H groups in total. The average molecular weight is 293 g/mol. The Morgan fingerprint density at radius 2 is 2.05 bits per heavy atom. The molecule has 2 heteroatoms. The topological polar surface area (TPSA) is 15.3 Å². The molecule has 21 heavy (non-hydrogen) atoms. The van der Waals surface area contributed by atoms with Crippen LogP contribution in [0.1, 0.15) is 65.7 Å². The summed E-state index contributed by atoms with van der Waals surface area (Å²) < 4.78 is 0. The molecule has 0 aromatic carbocycles. The highest BCUT2D eigenvalue weighted by atomic mass is 15.2. The lowest BCUT2D eigenvalue weighted by atomic mass is 9.86. The molecule has 1 saturated heterocycles. The summed E-state index contributed by atoms with van der Waals surface area (Å²) in [7, 11) is 0. The second-order valence-electron chi connectivity index (χ2n) is 8.24. The van der Waals surface area contributed by atoms with E-state index in [2.05, 4.69) is 31.0 Å². The fourth-order valence-electron chi connectivity index (χ4n) is 5.39. The van der Waals surface area contributed by atoms with Gasteiger partial charge in [-0.25, -0.2) is 0 Å². The second kappa shape index (κ2) is 7.00. The van der Waals surface area contributed by atoms with Crippen molar-refractivity contribution in [3.05, 3.63) is 0 Å². The number of fused-ring (bicyclic) bond motifs is 2. The number of hydrogen-bond donors (Lipinski definition) is 1. The van der Waals surface area contributed by atoms with Crippen molar-refractivity contribution in [1.29, 1.82) is 0 Å². The molecule has 0 aromatic rings. The van der Waals surface area contributed by atoms with Crippen LogP contribution < -0.4 is 5.32 Å². The predicted octanol–water partition coefficient (Wildman–Crippen LogP) is 3.91. The summed E-state index contributed by atoms with van der Waals surface area (Å²) in [6.07, 6.45) is 10.2. The first-order valence-electron chi connectivity index (χ1n) is 9.68. The molecule has 122 valence electrons. The van der Waals surface area contributed by atoms with Crippen LogP contribution in [0.4, 0.5) is 0 Å². The van der Waals surface area contributed by atoms with Crippen LogP contribution in [0.25, 0.3) is 0 Å². The summed E-state index contributed by atoms with van der Waals surface area (Å²) in [4.78, 5) is 2.90. The van der Waals surface area contributed by atoms with E-state index in [4.69, 9.17) is 0 Å². The molecule has 0 aromatic heterocycles. The van der Waals surface area contributed by atoms with E-state index in [1.165, 1.54) is 51.7 Å². The van der Waals surface area contributed by atoms with E-state index in [1.54, 1.807) is 12.8 Å². The summed E-state index contributed by atoms with van der Waals surface area (Å²) >= 11 is 0. The molecule has 0 radical (unpaired) electrons. The Hall–Kier alpha value is -0.0800. The van der Waals surface area contributed by atoms with Gasteiger partial charge >= 0.3 is 0 Å². The van der Waals surface area contributed by atoms with Crippen molar-refractivity contribution < 1.29 is 0 Å². The van der Waals surface area contributed by atoms with Crippen molar-refractivity contribution in [3.63, 3.8) is 0 Å².